The summed E-state index contributed by atoms with van der Waals surface area (Å²) in [6.07, 6.45) is 0. The summed E-state index contributed by atoms with van der Waals surface area (Å²) >= 11 is 0. The normalized spacial score (nSPS) is 12.9. The molecule has 2 nitrogen and oxygen atoms in total. The average molecular weight is 652 g/mol. The lowest BCUT2D eigenvalue weighted by Gasteiger charge is -2.34. The predicted octanol–water partition coefficient (Wildman–Crippen LogP) is 13.1. The maximum atomic E-state index is 6.29. The summed E-state index contributed by atoms with van der Waals surface area (Å²) < 4.78 is 6.29. The molecule has 1 aliphatic rings. The molecule has 0 N–H and O–H groups in total. The molecule has 1 aromatic heterocycles. The summed E-state index contributed by atoms with van der Waals surface area (Å²) in [4.78, 5) is 2.31. The van der Waals surface area contributed by atoms with Gasteiger partial charge >= 0.3 is 0 Å². The fourth-order valence-corrected chi connectivity index (χ4v) is 8.32. The number of furan rings is 1. The maximum absolute atomic E-state index is 6.29. The van der Waals surface area contributed by atoms with Crippen molar-refractivity contribution in [2.75, 3.05) is 4.90 Å². The fraction of sp³-hybridized carbons (Fsp3) is 0.0204. The van der Waals surface area contributed by atoms with E-state index < -0.39 is 5.41 Å². The molecule has 0 atom stereocenters. The van der Waals surface area contributed by atoms with Crippen LogP contribution in [0.4, 0.5) is 17.1 Å². The fourth-order valence-electron chi connectivity index (χ4n) is 8.32. The van der Waals surface area contributed by atoms with Crippen LogP contribution in [-0.4, -0.2) is 0 Å². The Bertz CT molecular complexity index is 2600. The van der Waals surface area contributed by atoms with Crippen LogP contribution in [0.1, 0.15) is 22.3 Å². The lowest BCUT2D eigenvalue weighted by Crippen LogP contribution is -2.28. The number of anilines is 3. The van der Waals surface area contributed by atoms with Gasteiger partial charge in [-0.05, 0) is 99.1 Å². The Morgan fingerprint density at radius 2 is 0.902 bits per heavy atom. The number of rotatable bonds is 6. The second-order valence-corrected chi connectivity index (χ2v) is 13.3. The van der Waals surface area contributed by atoms with Crippen molar-refractivity contribution in [3.8, 4) is 22.3 Å². The van der Waals surface area contributed by atoms with Crippen molar-refractivity contribution in [1.29, 1.82) is 0 Å². The van der Waals surface area contributed by atoms with Gasteiger partial charge in [0.1, 0.15) is 11.2 Å². The van der Waals surface area contributed by atoms with E-state index in [4.69, 9.17) is 4.42 Å². The number of hydrogen-bond acceptors (Lipinski definition) is 2. The van der Waals surface area contributed by atoms with Crippen LogP contribution in [0.5, 0.6) is 0 Å². The van der Waals surface area contributed by atoms with Crippen molar-refractivity contribution in [3.05, 3.63) is 222 Å². The van der Waals surface area contributed by atoms with Crippen LogP contribution < -0.4 is 4.90 Å². The lowest BCUT2D eigenvalue weighted by molar-refractivity contribution is 0.668. The van der Waals surface area contributed by atoms with Gasteiger partial charge in [0.2, 0.25) is 0 Å². The first-order valence-electron chi connectivity index (χ1n) is 17.5. The van der Waals surface area contributed by atoms with E-state index in [1.807, 2.05) is 6.07 Å². The molecule has 0 bridgehead atoms. The molecule has 0 amide bonds. The van der Waals surface area contributed by atoms with Crippen molar-refractivity contribution < 1.29 is 4.42 Å². The summed E-state index contributed by atoms with van der Waals surface area (Å²) in [5, 5.41) is 2.28. The largest absolute Gasteiger partial charge is 0.456 e. The highest BCUT2D eigenvalue weighted by Crippen LogP contribution is 2.56. The summed E-state index contributed by atoms with van der Waals surface area (Å²) in [5.41, 5.74) is 14.7. The highest BCUT2D eigenvalue weighted by Gasteiger charge is 2.46. The SMILES string of the molecule is c1ccc(N(c2ccccc2)c2cccc(-c3ccc(C4(c5ccc6oc7ccccc7c6c5)c5ccccc5-c5ccccc54)cc3)c2)cc1. The molecular weight excluding hydrogens is 619 g/mol. The van der Waals surface area contributed by atoms with Gasteiger partial charge in [-0.1, -0.05) is 146 Å². The molecule has 1 heterocycles. The van der Waals surface area contributed by atoms with Gasteiger partial charge in [0.25, 0.3) is 0 Å². The molecule has 10 rings (SSSR count). The smallest absolute Gasteiger partial charge is 0.135 e. The minimum Gasteiger partial charge on any atom is -0.456 e. The van der Waals surface area contributed by atoms with Crippen molar-refractivity contribution in [2.45, 2.75) is 5.41 Å². The Balaban J connectivity index is 1.14. The zero-order chi connectivity index (χ0) is 33.8. The zero-order valence-electron chi connectivity index (χ0n) is 27.9. The molecule has 0 aliphatic heterocycles. The number of nitrogens with zero attached hydrogens (tertiary/aromatic N) is 1. The molecule has 9 aromatic rings. The second-order valence-electron chi connectivity index (χ2n) is 13.3. The summed E-state index contributed by atoms with van der Waals surface area (Å²) in [6, 6.07) is 72.2. The summed E-state index contributed by atoms with van der Waals surface area (Å²) in [7, 11) is 0. The number of hydrogen-bond donors (Lipinski definition) is 0. The lowest BCUT2D eigenvalue weighted by atomic mass is 9.67. The highest BCUT2D eigenvalue weighted by atomic mass is 16.3. The topological polar surface area (TPSA) is 16.4 Å². The minimum atomic E-state index is -0.502. The summed E-state index contributed by atoms with van der Waals surface area (Å²) in [6.45, 7) is 0. The number of fused-ring (bicyclic) bond motifs is 6. The third-order valence-electron chi connectivity index (χ3n) is 10.5. The molecule has 0 saturated carbocycles. The van der Waals surface area contributed by atoms with Crippen LogP contribution in [0.25, 0.3) is 44.2 Å². The van der Waals surface area contributed by atoms with Gasteiger partial charge in [0.15, 0.2) is 0 Å². The molecule has 0 unspecified atom stereocenters. The van der Waals surface area contributed by atoms with Gasteiger partial charge in [-0.2, -0.15) is 0 Å². The Morgan fingerprint density at radius 1 is 0.353 bits per heavy atom. The highest BCUT2D eigenvalue weighted by molar-refractivity contribution is 6.05. The molecule has 0 spiro atoms. The Kier molecular flexibility index (Phi) is 6.75. The predicted molar refractivity (Wildman–Crippen MR) is 211 cm³/mol. The van der Waals surface area contributed by atoms with Crippen LogP contribution in [0, 0.1) is 0 Å². The number of para-hydroxylation sites is 3. The van der Waals surface area contributed by atoms with E-state index in [9.17, 15) is 0 Å². The van der Waals surface area contributed by atoms with E-state index in [0.29, 0.717) is 0 Å². The van der Waals surface area contributed by atoms with Crippen LogP contribution in [0.2, 0.25) is 0 Å². The van der Waals surface area contributed by atoms with Crippen molar-refractivity contribution in [2.24, 2.45) is 0 Å². The van der Waals surface area contributed by atoms with E-state index in [2.05, 4.69) is 199 Å². The number of benzene rings is 8. The van der Waals surface area contributed by atoms with E-state index in [1.54, 1.807) is 0 Å². The van der Waals surface area contributed by atoms with Gasteiger partial charge in [-0.15, -0.1) is 0 Å². The van der Waals surface area contributed by atoms with E-state index in [1.165, 1.54) is 44.5 Å². The molecule has 0 radical (unpaired) electrons. The van der Waals surface area contributed by atoms with Crippen molar-refractivity contribution in [1.82, 2.24) is 0 Å². The quantitative estimate of drug-likeness (QED) is 0.178. The van der Waals surface area contributed by atoms with Crippen LogP contribution in [-0.2, 0) is 5.41 Å². The Morgan fingerprint density at radius 3 is 1.59 bits per heavy atom. The first-order valence-corrected chi connectivity index (χ1v) is 17.5. The van der Waals surface area contributed by atoms with Crippen LogP contribution in [0.3, 0.4) is 0 Å². The summed E-state index contributed by atoms with van der Waals surface area (Å²) in [5.74, 6) is 0. The first kappa shape index (κ1) is 29.3. The van der Waals surface area contributed by atoms with Crippen molar-refractivity contribution >= 4 is 39.0 Å². The van der Waals surface area contributed by atoms with E-state index >= 15 is 0 Å². The molecule has 0 saturated heterocycles. The standard InChI is InChI=1S/C49H33NO/c1-3-15-38(16-4-1)50(39-17-5-2-6-18-39)40-19-13-14-35(32-40)34-26-28-36(29-27-34)49(45-23-10-7-20-41(45)42-21-8-11-24-46(42)49)37-30-31-48-44(33-37)43-22-9-12-25-47(43)51-48/h1-33H. The van der Waals surface area contributed by atoms with E-state index in [0.717, 1.165) is 39.0 Å². The molecule has 0 fully saturated rings. The second kappa shape index (κ2) is 11.8. The first-order chi connectivity index (χ1) is 25.3. The monoisotopic (exact) mass is 651 g/mol. The Labute approximate surface area is 297 Å². The zero-order valence-corrected chi connectivity index (χ0v) is 27.9. The van der Waals surface area contributed by atoms with Gasteiger partial charge in [-0.25, -0.2) is 0 Å². The van der Waals surface area contributed by atoms with Crippen molar-refractivity contribution in [3.63, 3.8) is 0 Å². The van der Waals surface area contributed by atoms with Gasteiger partial charge in [0, 0.05) is 27.8 Å². The third-order valence-corrected chi connectivity index (χ3v) is 10.5. The molecule has 51 heavy (non-hydrogen) atoms. The van der Waals surface area contributed by atoms with Crippen LogP contribution in [0.15, 0.2) is 205 Å². The molecular formula is C49H33NO. The molecule has 2 heteroatoms. The van der Waals surface area contributed by atoms with Gasteiger partial charge in [0.05, 0.1) is 5.41 Å². The van der Waals surface area contributed by atoms with E-state index in [-0.39, 0.29) is 0 Å². The van der Waals surface area contributed by atoms with Gasteiger partial charge in [-0.3, -0.25) is 0 Å². The third kappa shape index (κ3) is 4.57. The molecule has 8 aromatic carbocycles. The maximum Gasteiger partial charge on any atom is 0.135 e. The minimum absolute atomic E-state index is 0.502. The average Bonchev–Trinajstić information content (AvgIpc) is 3.73. The van der Waals surface area contributed by atoms with Crippen LogP contribution >= 0.6 is 0 Å². The Hall–Kier alpha value is -6.64. The molecule has 240 valence electrons. The van der Waals surface area contributed by atoms with Gasteiger partial charge < -0.3 is 9.32 Å². The molecule has 1 aliphatic carbocycles.